The highest BCUT2D eigenvalue weighted by molar-refractivity contribution is 7.92. The topological polar surface area (TPSA) is 105 Å². The zero-order valence-electron chi connectivity index (χ0n) is 22.0. The SMILES string of the molecule is COc1cccc(N(C)S(C)(=O)=O)c1Cn1ccc2cnc(Nc3ccc(N4CCNC(C)C4)cc3)nc21. The summed E-state index contributed by atoms with van der Waals surface area (Å²) in [6.45, 7) is 5.52. The van der Waals surface area contributed by atoms with E-state index in [0.29, 0.717) is 30.0 Å². The number of benzene rings is 2. The Bertz CT molecular complexity index is 1540. The molecule has 1 saturated heterocycles. The van der Waals surface area contributed by atoms with Gasteiger partial charge < -0.3 is 24.8 Å². The molecule has 4 aromatic rings. The van der Waals surface area contributed by atoms with Gasteiger partial charge in [-0.25, -0.2) is 13.4 Å². The second-order valence-electron chi connectivity index (χ2n) is 9.58. The Kier molecular flexibility index (Phi) is 7.13. The highest BCUT2D eigenvalue weighted by atomic mass is 32.2. The number of fused-ring (bicyclic) bond motifs is 1. The molecule has 0 spiro atoms. The molecule has 38 heavy (non-hydrogen) atoms. The molecule has 2 aromatic heterocycles. The summed E-state index contributed by atoms with van der Waals surface area (Å²) in [6, 6.07) is 16.1. The van der Waals surface area contributed by atoms with E-state index in [4.69, 9.17) is 9.72 Å². The Morgan fingerprint density at radius 1 is 1.18 bits per heavy atom. The van der Waals surface area contributed by atoms with E-state index in [2.05, 4.69) is 39.6 Å². The van der Waals surface area contributed by atoms with Gasteiger partial charge in [0.1, 0.15) is 11.4 Å². The Labute approximate surface area is 223 Å². The van der Waals surface area contributed by atoms with E-state index in [9.17, 15) is 8.42 Å². The molecule has 11 heteroatoms. The number of piperazine rings is 1. The van der Waals surface area contributed by atoms with Crippen molar-refractivity contribution in [2.45, 2.75) is 19.5 Å². The predicted octanol–water partition coefficient (Wildman–Crippen LogP) is 3.43. The Balaban J connectivity index is 1.40. The standard InChI is InChI=1S/C27H33N7O3S/c1-19-17-33(15-13-28-19)22-10-8-21(9-11-22)30-27-29-16-20-12-14-34(26(20)31-27)18-23-24(32(2)38(4,35)36)6-5-7-25(23)37-3/h5-12,14,16,19,28H,13,15,17-18H2,1-4H3,(H,29,30,31). The third kappa shape index (κ3) is 5.39. The molecule has 0 bridgehead atoms. The molecule has 0 saturated carbocycles. The summed E-state index contributed by atoms with van der Waals surface area (Å²) in [5, 5.41) is 7.66. The Morgan fingerprint density at radius 3 is 2.68 bits per heavy atom. The van der Waals surface area contributed by atoms with Crippen molar-refractivity contribution in [2.24, 2.45) is 0 Å². The van der Waals surface area contributed by atoms with Gasteiger partial charge in [-0.15, -0.1) is 0 Å². The lowest BCUT2D eigenvalue weighted by Gasteiger charge is -2.33. The molecule has 0 aliphatic carbocycles. The van der Waals surface area contributed by atoms with Gasteiger partial charge in [-0.05, 0) is 49.4 Å². The monoisotopic (exact) mass is 535 g/mol. The molecular weight excluding hydrogens is 502 g/mol. The van der Waals surface area contributed by atoms with Gasteiger partial charge in [-0.2, -0.15) is 4.98 Å². The summed E-state index contributed by atoms with van der Waals surface area (Å²) in [7, 11) is -0.333. The molecule has 1 unspecified atom stereocenters. The van der Waals surface area contributed by atoms with E-state index in [1.165, 1.54) is 16.2 Å². The average Bonchev–Trinajstić information content (AvgIpc) is 3.30. The van der Waals surface area contributed by atoms with E-state index >= 15 is 0 Å². The summed E-state index contributed by atoms with van der Waals surface area (Å²) >= 11 is 0. The number of hydrogen-bond acceptors (Lipinski definition) is 8. The summed E-state index contributed by atoms with van der Waals surface area (Å²) in [6.07, 6.45) is 4.88. The molecule has 1 atom stereocenters. The number of nitrogens with zero attached hydrogens (tertiary/aromatic N) is 5. The van der Waals surface area contributed by atoms with Crippen LogP contribution >= 0.6 is 0 Å². The second-order valence-corrected chi connectivity index (χ2v) is 11.6. The van der Waals surface area contributed by atoms with Crippen LogP contribution in [0.2, 0.25) is 0 Å². The van der Waals surface area contributed by atoms with Crippen LogP contribution in [0.25, 0.3) is 11.0 Å². The number of anilines is 4. The van der Waals surface area contributed by atoms with Gasteiger partial charge >= 0.3 is 0 Å². The highest BCUT2D eigenvalue weighted by Crippen LogP contribution is 2.32. The maximum absolute atomic E-state index is 12.3. The third-order valence-electron chi connectivity index (χ3n) is 6.85. The maximum atomic E-state index is 12.3. The van der Waals surface area contributed by atoms with E-state index in [-0.39, 0.29) is 0 Å². The Morgan fingerprint density at radius 2 is 1.97 bits per heavy atom. The summed E-state index contributed by atoms with van der Waals surface area (Å²) < 4.78 is 33.4. The van der Waals surface area contributed by atoms with Crippen LogP contribution in [-0.2, 0) is 16.6 Å². The molecule has 2 N–H and O–H groups in total. The first kappa shape index (κ1) is 25.8. The van der Waals surface area contributed by atoms with Crippen molar-refractivity contribution >= 4 is 44.1 Å². The number of sulfonamides is 1. The molecule has 200 valence electrons. The lowest BCUT2D eigenvalue weighted by molar-refractivity contribution is 0.409. The first-order chi connectivity index (χ1) is 18.2. The Hall–Kier alpha value is -3.83. The minimum atomic E-state index is -3.45. The van der Waals surface area contributed by atoms with Crippen molar-refractivity contribution in [3.8, 4) is 5.75 Å². The minimum Gasteiger partial charge on any atom is -0.496 e. The maximum Gasteiger partial charge on any atom is 0.232 e. The largest absolute Gasteiger partial charge is 0.496 e. The molecule has 1 fully saturated rings. The van der Waals surface area contributed by atoms with E-state index in [0.717, 1.165) is 41.9 Å². The molecule has 1 aliphatic heterocycles. The van der Waals surface area contributed by atoms with Crippen LogP contribution in [0, 0.1) is 0 Å². The molecule has 3 heterocycles. The number of rotatable bonds is 8. The molecule has 10 nitrogen and oxygen atoms in total. The lowest BCUT2D eigenvalue weighted by Crippen LogP contribution is -2.49. The lowest BCUT2D eigenvalue weighted by atomic mass is 10.1. The zero-order valence-corrected chi connectivity index (χ0v) is 22.9. The fourth-order valence-corrected chi connectivity index (χ4v) is 5.29. The summed E-state index contributed by atoms with van der Waals surface area (Å²) in [5.41, 5.74) is 4.12. The van der Waals surface area contributed by atoms with E-state index < -0.39 is 10.0 Å². The predicted molar refractivity (Wildman–Crippen MR) is 152 cm³/mol. The van der Waals surface area contributed by atoms with Gasteiger partial charge in [0.15, 0.2) is 0 Å². The van der Waals surface area contributed by atoms with Gasteiger partial charge in [-0.1, -0.05) is 6.07 Å². The fraction of sp³-hybridized carbons (Fsp3) is 0.333. The summed E-state index contributed by atoms with van der Waals surface area (Å²) in [4.78, 5) is 11.6. The number of aromatic nitrogens is 3. The first-order valence-corrected chi connectivity index (χ1v) is 14.3. The van der Waals surface area contributed by atoms with E-state index in [1.54, 1.807) is 32.5 Å². The van der Waals surface area contributed by atoms with Crippen molar-refractivity contribution in [1.82, 2.24) is 19.9 Å². The van der Waals surface area contributed by atoms with E-state index in [1.807, 2.05) is 35.0 Å². The van der Waals surface area contributed by atoms with Gasteiger partial charge in [0.2, 0.25) is 16.0 Å². The van der Waals surface area contributed by atoms with Crippen molar-refractivity contribution < 1.29 is 13.2 Å². The van der Waals surface area contributed by atoms with Crippen LogP contribution in [0.15, 0.2) is 60.9 Å². The molecular formula is C27H33N7O3S. The van der Waals surface area contributed by atoms with Crippen LogP contribution in [-0.4, -0.2) is 69.0 Å². The van der Waals surface area contributed by atoms with Crippen LogP contribution in [0.3, 0.4) is 0 Å². The fourth-order valence-electron chi connectivity index (χ4n) is 4.76. The summed E-state index contributed by atoms with van der Waals surface area (Å²) in [5.74, 6) is 1.08. The first-order valence-electron chi connectivity index (χ1n) is 12.5. The number of nitrogens with one attached hydrogen (secondary N) is 2. The number of methoxy groups -OCH3 is 1. The zero-order chi connectivity index (χ0) is 26.9. The minimum absolute atomic E-state index is 0.372. The van der Waals surface area contributed by atoms with Crippen molar-refractivity contribution in [3.63, 3.8) is 0 Å². The highest BCUT2D eigenvalue weighted by Gasteiger charge is 2.20. The second kappa shape index (κ2) is 10.5. The third-order valence-corrected chi connectivity index (χ3v) is 8.04. The molecule has 5 rings (SSSR count). The van der Waals surface area contributed by atoms with Gasteiger partial charge in [0.25, 0.3) is 0 Å². The number of ether oxygens (including phenoxy) is 1. The molecule has 1 aliphatic rings. The van der Waals surface area contributed by atoms with Crippen LogP contribution in [0.5, 0.6) is 5.75 Å². The number of hydrogen-bond donors (Lipinski definition) is 2. The molecule has 0 radical (unpaired) electrons. The average molecular weight is 536 g/mol. The van der Waals surface area contributed by atoms with Crippen LogP contribution < -0.4 is 24.6 Å². The quantitative estimate of drug-likeness (QED) is 0.354. The normalized spacial score (nSPS) is 16.0. The van der Waals surface area contributed by atoms with Crippen molar-refractivity contribution in [3.05, 3.63) is 66.5 Å². The smallest absolute Gasteiger partial charge is 0.232 e. The van der Waals surface area contributed by atoms with Gasteiger partial charge in [0.05, 0.1) is 25.6 Å². The van der Waals surface area contributed by atoms with Gasteiger partial charge in [0, 0.05) is 67.4 Å². The van der Waals surface area contributed by atoms with Crippen LogP contribution in [0.4, 0.5) is 23.0 Å². The molecule has 0 amide bonds. The van der Waals surface area contributed by atoms with Gasteiger partial charge in [-0.3, -0.25) is 4.31 Å². The van der Waals surface area contributed by atoms with Crippen LogP contribution in [0.1, 0.15) is 12.5 Å². The van der Waals surface area contributed by atoms with Crippen molar-refractivity contribution in [2.75, 3.05) is 54.6 Å². The molecule has 2 aromatic carbocycles. The van der Waals surface area contributed by atoms with Crippen molar-refractivity contribution in [1.29, 1.82) is 0 Å².